The molecular formula is C9H23N5. The van der Waals surface area contributed by atoms with E-state index < -0.39 is 0 Å². The predicted molar refractivity (Wildman–Crippen MR) is 60.5 cm³/mol. The van der Waals surface area contributed by atoms with Gasteiger partial charge in [0.25, 0.3) is 0 Å². The minimum absolute atomic E-state index is 0.0496. The second-order valence-electron chi connectivity index (χ2n) is 3.30. The van der Waals surface area contributed by atoms with Crippen LogP contribution in [-0.2, 0) is 0 Å². The molecule has 0 heterocycles. The fourth-order valence-electron chi connectivity index (χ4n) is 1.04. The van der Waals surface area contributed by atoms with E-state index in [1.165, 1.54) is 6.21 Å². The van der Waals surface area contributed by atoms with Crippen molar-refractivity contribution in [2.45, 2.75) is 32.0 Å². The first-order valence-electron chi connectivity index (χ1n) is 5.15. The lowest BCUT2D eigenvalue weighted by Crippen LogP contribution is -2.49. The number of nitrogens with one attached hydrogen (secondary N) is 3. The zero-order valence-electron chi connectivity index (χ0n) is 8.92. The van der Waals surface area contributed by atoms with Crippen LogP contribution in [0.5, 0.6) is 0 Å². The van der Waals surface area contributed by atoms with Crippen LogP contribution >= 0.6 is 0 Å². The predicted octanol–water partition coefficient (Wildman–Crippen LogP) is -0.773. The Labute approximate surface area is 86.1 Å². The van der Waals surface area contributed by atoms with Gasteiger partial charge in [0.05, 0.1) is 6.17 Å². The van der Waals surface area contributed by atoms with Crippen molar-refractivity contribution in [3.8, 4) is 0 Å². The average molecular weight is 201 g/mol. The van der Waals surface area contributed by atoms with Gasteiger partial charge in [-0.1, -0.05) is 6.92 Å². The fraction of sp³-hybridized carbons (Fsp3) is 0.889. The Balaban J connectivity index is 3.51. The summed E-state index contributed by atoms with van der Waals surface area (Å²) in [5.74, 6) is 0. The van der Waals surface area contributed by atoms with E-state index in [1.54, 1.807) is 0 Å². The molecule has 0 radical (unpaired) electrons. The first-order chi connectivity index (χ1) is 6.74. The molecule has 84 valence electrons. The van der Waals surface area contributed by atoms with Crippen molar-refractivity contribution in [2.75, 3.05) is 19.6 Å². The van der Waals surface area contributed by atoms with E-state index in [9.17, 15) is 0 Å². The first-order valence-corrected chi connectivity index (χ1v) is 5.15. The third-order valence-corrected chi connectivity index (χ3v) is 2.07. The minimum atomic E-state index is 0.0496. The molecule has 0 amide bonds. The molecule has 2 atom stereocenters. The van der Waals surface area contributed by atoms with E-state index in [0.717, 1.165) is 25.9 Å². The number of nitrogens with two attached hydrogens (primary N) is 2. The Morgan fingerprint density at radius 1 is 1.43 bits per heavy atom. The zero-order valence-corrected chi connectivity index (χ0v) is 8.92. The van der Waals surface area contributed by atoms with Gasteiger partial charge in [0.1, 0.15) is 0 Å². The number of hydrogen-bond acceptors (Lipinski definition) is 5. The highest BCUT2D eigenvalue weighted by Gasteiger charge is 2.06. The molecule has 2 unspecified atom stereocenters. The van der Waals surface area contributed by atoms with Crippen LogP contribution in [0.15, 0.2) is 0 Å². The molecule has 0 rings (SSSR count). The molecule has 0 spiro atoms. The van der Waals surface area contributed by atoms with Crippen LogP contribution < -0.4 is 22.1 Å². The molecule has 5 nitrogen and oxygen atoms in total. The van der Waals surface area contributed by atoms with Gasteiger partial charge in [-0.25, -0.2) is 0 Å². The van der Waals surface area contributed by atoms with Crippen LogP contribution in [0.1, 0.15) is 19.8 Å². The molecule has 0 aromatic carbocycles. The van der Waals surface area contributed by atoms with Gasteiger partial charge in [-0.05, 0) is 19.1 Å². The Kier molecular flexibility index (Phi) is 8.76. The van der Waals surface area contributed by atoms with Gasteiger partial charge in [-0.3, -0.25) is 0 Å². The lowest BCUT2D eigenvalue weighted by atomic mass is 10.2. The van der Waals surface area contributed by atoms with E-state index in [1.807, 2.05) is 6.92 Å². The molecule has 0 bridgehead atoms. The molecule has 0 aromatic heterocycles. The number of rotatable bonds is 9. The summed E-state index contributed by atoms with van der Waals surface area (Å²) in [4.78, 5) is 0. The van der Waals surface area contributed by atoms with E-state index in [0.29, 0.717) is 6.54 Å². The SMILES string of the molecule is CCC(N)NCC(CN)NCCC=N. The van der Waals surface area contributed by atoms with Crippen LogP contribution in [0.3, 0.4) is 0 Å². The summed E-state index contributed by atoms with van der Waals surface area (Å²) >= 11 is 0. The fourth-order valence-corrected chi connectivity index (χ4v) is 1.04. The Morgan fingerprint density at radius 2 is 2.14 bits per heavy atom. The summed E-state index contributed by atoms with van der Waals surface area (Å²) < 4.78 is 0. The Hall–Kier alpha value is -0.490. The van der Waals surface area contributed by atoms with Gasteiger partial charge >= 0.3 is 0 Å². The molecule has 7 N–H and O–H groups in total. The lowest BCUT2D eigenvalue weighted by Gasteiger charge is -2.19. The Bertz CT molecular complexity index is 139. The highest BCUT2D eigenvalue weighted by atomic mass is 15.1. The monoisotopic (exact) mass is 201 g/mol. The van der Waals surface area contributed by atoms with Crippen LogP contribution in [0.4, 0.5) is 0 Å². The van der Waals surface area contributed by atoms with Crippen molar-refractivity contribution in [1.29, 1.82) is 5.41 Å². The standard InChI is InChI=1S/C9H23N5/c1-2-9(12)14-7-8(6-11)13-5-3-4-10/h4,8-10,13-14H,2-3,5-7,11-12H2,1H3. The molecule has 0 saturated heterocycles. The maximum absolute atomic E-state index is 6.87. The van der Waals surface area contributed by atoms with Crippen LogP contribution in [-0.4, -0.2) is 38.1 Å². The van der Waals surface area contributed by atoms with Gasteiger partial charge in [0, 0.05) is 25.7 Å². The first kappa shape index (κ1) is 13.5. The Morgan fingerprint density at radius 3 is 2.64 bits per heavy atom. The van der Waals surface area contributed by atoms with Crippen molar-refractivity contribution in [3.63, 3.8) is 0 Å². The second-order valence-corrected chi connectivity index (χ2v) is 3.30. The molecule has 5 heteroatoms. The molecule has 0 aliphatic rings. The maximum Gasteiger partial charge on any atom is 0.0544 e. The van der Waals surface area contributed by atoms with E-state index in [-0.39, 0.29) is 12.2 Å². The van der Waals surface area contributed by atoms with Crippen molar-refractivity contribution >= 4 is 6.21 Å². The smallest absolute Gasteiger partial charge is 0.0544 e. The molecule has 14 heavy (non-hydrogen) atoms. The van der Waals surface area contributed by atoms with Crippen LogP contribution in [0.2, 0.25) is 0 Å². The van der Waals surface area contributed by atoms with Crippen molar-refractivity contribution in [3.05, 3.63) is 0 Å². The highest BCUT2D eigenvalue weighted by molar-refractivity contribution is 5.52. The van der Waals surface area contributed by atoms with Gasteiger partial charge in [-0.15, -0.1) is 0 Å². The van der Waals surface area contributed by atoms with Crippen molar-refractivity contribution in [2.24, 2.45) is 11.5 Å². The maximum atomic E-state index is 6.87. The average Bonchev–Trinajstić information content (AvgIpc) is 2.22. The topological polar surface area (TPSA) is 99.9 Å². The molecule has 0 aliphatic carbocycles. The quantitative estimate of drug-likeness (QED) is 0.192. The van der Waals surface area contributed by atoms with Crippen molar-refractivity contribution in [1.82, 2.24) is 10.6 Å². The summed E-state index contributed by atoms with van der Waals surface area (Å²) in [6, 6.07) is 0.243. The molecule has 0 aromatic rings. The minimum Gasteiger partial charge on any atom is -0.329 e. The third-order valence-electron chi connectivity index (χ3n) is 2.07. The molecule has 0 aliphatic heterocycles. The van der Waals surface area contributed by atoms with Crippen LogP contribution in [0.25, 0.3) is 0 Å². The summed E-state index contributed by atoms with van der Waals surface area (Å²) in [7, 11) is 0. The summed E-state index contributed by atoms with van der Waals surface area (Å²) in [6.07, 6.45) is 3.11. The third kappa shape index (κ3) is 6.97. The van der Waals surface area contributed by atoms with Crippen LogP contribution in [0, 0.1) is 5.41 Å². The van der Waals surface area contributed by atoms with E-state index in [2.05, 4.69) is 10.6 Å². The highest BCUT2D eigenvalue weighted by Crippen LogP contribution is 1.83. The van der Waals surface area contributed by atoms with Gasteiger partial charge in [0.15, 0.2) is 0 Å². The molecule has 0 saturated carbocycles. The van der Waals surface area contributed by atoms with Crippen molar-refractivity contribution < 1.29 is 0 Å². The van der Waals surface area contributed by atoms with E-state index >= 15 is 0 Å². The lowest BCUT2D eigenvalue weighted by molar-refractivity contribution is 0.435. The van der Waals surface area contributed by atoms with E-state index in [4.69, 9.17) is 16.9 Å². The largest absolute Gasteiger partial charge is 0.329 e. The summed E-state index contributed by atoms with van der Waals surface area (Å²) in [5, 5.41) is 13.3. The molecule has 0 fully saturated rings. The van der Waals surface area contributed by atoms with Gasteiger partial charge in [-0.2, -0.15) is 0 Å². The molecular weight excluding hydrogens is 178 g/mol. The van der Waals surface area contributed by atoms with Gasteiger partial charge < -0.3 is 27.5 Å². The summed E-state index contributed by atoms with van der Waals surface area (Å²) in [6.45, 7) is 4.21. The normalized spacial score (nSPS) is 15.1. The van der Waals surface area contributed by atoms with Gasteiger partial charge in [0.2, 0.25) is 0 Å². The number of hydrogen-bond donors (Lipinski definition) is 5. The zero-order chi connectivity index (χ0) is 10.8. The summed E-state index contributed by atoms with van der Waals surface area (Å²) in [5.41, 5.74) is 11.3. The second kappa shape index (κ2) is 9.08.